The largest absolute Gasteiger partial charge is 0.493 e. The Labute approximate surface area is 203 Å². The van der Waals surface area contributed by atoms with Crippen LogP contribution < -0.4 is 24.3 Å². The summed E-state index contributed by atoms with van der Waals surface area (Å²) in [5.74, 6) is 2.89. The number of halogens is 1. The van der Waals surface area contributed by atoms with Crippen LogP contribution in [0, 0.1) is 0 Å². The highest BCUT2D eigenvalue weighted by Gasteiger charge is 2.21. The normalized spacial score (nSPS) is 12.5. The lowest BCUT2D eigenvalue weighted by Crippen LogP contribution is -2.27. The van der Waals surface area contributed by atoms with Crippen LogP contribution >= 0.6 is 12.4 Å². The van der Waals surface area contributed by atoms with Gasteiger partial charge in [-0.25, -0.2) is 0 Å². The average molecular weight is 475 g/mol. The molecule has 0 saturated carbocycles. The fourth-order valence-corrected chi connectivity index (χ4v) is 3.95. The summed E-state index contributed by atoms with van der Waals surface area (Å²) in [6.07, 6.45) is 3.84. The Morgan fingerprint density at radius 2 is 1.48 bits per heavy atom. The first kappa shape index (κ1) is 26.6. The molecule has 3 aromatic rings. The van der Waals surface area contributed by atoms with Crippen LogP contribution in [0.4, 0.5) is 0 Å². The second kappa shape index (κ2) is 12.5. The first-order valence-corrected chi connectivity index (χ1v) is 11.0. The van der Waals surface area contributed by atoms with E-state index in [2.05, 4.69) is 25.2 Å². The van der Waals surface area contributed by atoms with Crippen molar-refractivity contribution in [2.45, 2.75) is 38.6 Å². The van der Waals surface area contributed by atoms with E-state index >= 15 is 0 Å². The summed E-state index contributed by atoms with van der Waals surface area (Å²) >= 11 is 0. The minimum atomic E-state index is 0. The molecule has 33 heavy (non-hydrogen) atoms. The molecule has 0 saturated heterocycles. The fourth-order valence-electron chi connectivity index (χ4n) is 3.95. The molecule has 0 amide bonds. The molecular weight excluding hydrogens is 440 g/mol. The molecule has 7 heteroatoms. The molecule has 2 aromatic carbocycles. The number of pyridine rings is 1. The highest BCUT2D eigenvalue weighted by Crippen LogP contribution is 2.39. The van der Waals surface area contributed by atoms with Crippen molar-refractivity contribution in [1.82, 2.24) is 10.3 Å². The maximum atomic E-state index is 5.58. The summed E-state index contributed by atoms with van der Waals surface area (Å²) < 4.78 is 22.1. The fraction of sp³-hybridized carbons (Fsp3) is 0.423. The second-order valence-corrected chi connectivity index (χ2v) is 7.84. The summed E-state index contributed by atoms with van der Waals surface area (Å²) in [7, 11) is 6.62. The molecular formula is C26H35ClN2O4. The number of nitrogens with zero attached hydrogens (tertiary/aromatic N) is 1. The van der Waals surface area contributed by atoms with Crippen molar-refractivity contribution in [3.05, 3.63) is 53.9 Å². The Kier molecular flexibility index (Phi) is 10.1. The lowest BCUT2D eigenvalue weighted by Gasteiger charge is -2.22. The highest BCUT2D eigenvalue weighted by molar-refractivity contribution is 5.88. The number of hydrogen-bond acceptors (Lipinski definition) is 6. The zero-order valence-corrected chi connectivity index (χ0v) is 21.1. The van der Waals surface area contributed by atoms with E-state index in [0.717, 1.165) is 41.4 Å². The standard InChI is InChI=1S/C26H34N2O4.ClH/c1-7-17(2)27-13-11-20(18-8-9-22(29-3)23(14-18)30-4)26-21-16-25(32-6)24(31-5)15-19(21)10-12-28-26;/h8-10,12,14-17,20,27H,7,11,13H2,1-6H3;1H. The van der Waals surface area contributed by atoms with Gasteiger partial charge in [0.05, 0.1) is 34.1 Å². The van der Waals surface area contributed by atoms with Gasteiger partial charge in [-0.3, -0.25) is 4.98 Å². The minimum Gasteiger partial charge on any atom is -0.493 e. The van der Waals surface area contributed by atoms with E-state index in [1.165, 1.54) is 0 Å². The third-order valence-electron chi connectivity index (χ3n) is 5.98. The first-order valence-electron chi connectivity index (χ1n) is 11.0. The topological polar surface area (TPSA) is 61.8 Å². The van der Waals surface area contributed by atoms with Gasteiger partial charge < -0.3 is 24.3 Å². The Bertz CT molecular complexity index is 1040. The van der Waals surface area contributed by atoms with Crippen molar-refractivity contribution in [2.75, 3.05) is 35.0 Å². The van der Waals surface area contributed by atoms with Crippen molar-refractivity contribution in [1.29, 1.82) is 0 Å². The van der Waals surface area contributed by atoms with E-state index in [1.807, 2.05) is 36.5 Å². The molecule has 0 aliphatic carbocycles. The lowest BCUT2D eigenvalue weighted by atomic mass is 9.88. The van der Waals surface area contributed by atoms with E-state index in [-0.39, 0.29) is 18.3 Å². The predicted molar refractivity (Wildman–Crippen MR) is 136 cm³/mol. The van der Waals surface area contributed by atoms with Gasteiger partial charge in [-0.2, -0.15) is 0 Å². The summed E-state index contributed by atoms with van der Waals surface area (Å²) in [5, 5.41) is 5.73. The summed E-state index contributed by atoms with van der Waals surface area (Å²) in [5.41, 5.74) is 2.13. The van der Waals surface area contributed by atoms with Gasteiger partial charge in [0.15, 0.2) is 23.0 Å². The lowest BCUT2D eigenvalue weighted by molar-refractivity contribution is 0.354. The molecule has 0 radical (unpaired) electrons. The van der Waals surface area contributed by atoms with Crippen LogP contribution in [0.2, 0.25) is 0 Å². The third kappa shape index (κ3) is 6.01. The van der Waals surface area contributed by atoms with Crippen LogP contribution in [-0.4, -0.2) is 46.0 Å². The molecule has 6 nitrogen and oxygen atoms in total. The monoisotopic (exact) mass is 474 g/mol. The number of rotatable bonds is 11. The Morgan fingerprint density at radius 3 is 2.12 bits per heavy atom. The molecule has 0 spiro atoms. The molecule has 0 fully saturated rings. The van der Waals surface area contributed by atoms with E-state index in [0.29, 0.717) is 29.0 Å². The van der Waals surface area contributed by atoms with Crippen LogP contribution in [0.3, 0.4) is 0 Å². The molecule has 0 bridgehead atoms. The van der Waals surface area contributed by atoms with Crippen molar-refractivity contribution >= 4 is 23.2 Å². The molecule has 2 atom stereocenters. The van der Waals surface area contributed by atoms with Crippen molar-refractivity contribution in [3.63, 3.8) is 0 Å². The Hall–Kier alpha value is -2.70. The first-order chi connectivity index (χ1) is 15.6. The number of benzene rings is 2. The van der Waals surface area contributed by atoms with Gasteiger partial charge in [-0.05, 0) is 67.6 Å². The van der Waals surface area contributed by atoms with Gasteiger partial charge in [0.2, 0.25) is 0 Å². The molecule has 3 rings (SSSR count). The Balaban J connectivity index is 0.00000385. The van der Waals surface area contributed by atoms with E-state index < -0.39 is 0 Å². The van der Waals surface area contributed by atoms with Gasteiger partial charge in [0.25, 0.3) is 0 Å². The van der Waals surface area contributed by atoms with Gasteiger partial charge >= 0.3 is 0 Å². The highest BCUT2D eigenvalue weighted by atomic mass is 35.5. The average Bonchev–Trinajstić information content (AvgIpc) is 2.84. The molecule has 0 aliphatic rings. The smallest absolute Gasteiger partial charge is 0.161 e. The minimum absolute atomic E-state index is 0. The molecule has 1 aromatic heterocycles. The summed E-state index contributed by atoms with van der Waals surface area (Å²) in [4.78, 5) is 4.83. The molecule has 1 heterocycles. The van der Waals surface area contributed by atoms with Crippen LogP contribution in [0.15, 0.2) is 42.6 Å². The van der Waals surface area contributed by atoms with E-state index in [9.17, 15) is 0 Å². The third-order valence-corrected chi connectivity index (χ3v) is 5.98. The maximum absolute atomic E-state index is 5.58. The van der Waals surface area contributed by atoms with Crippen molar-refractivity contribution in [2.24, 2.45) is 0 Å². The number of fused-ring (bicyclic) bond motifs is 1. The van der Waals surface area contributed by atoms with Crippen LogP contribution in [-0.2, 0) is 0 Å². The van der Waals surface area contributed by atoms with E-state index in [1.54, 1.807) is 28.4 Å². The van der Waals surface area contributed by atoms with Crippen LogP contribution in [0.5, 0.6) is 23.0 Å². The number of hydrogen-bond donors (Lipinski definition) is 1. The number of nitrogens with one attached hydrogen (secondary N) is 1. The molecule has 2 unspecified atom stereocenters. The maximum Gasteiger partial charge on any atom is 0.161 e. The molecule has 1 N–H and O–H groups in total. The molecule has 0 aliphatic heterocycles. The second-order valence-electron chi connectivity index (χ2n) is 7.84. The SMILES string of the molecule is CCC(C)NCCC(c1ccc(OC)c(OC)c1)c1nccc2cc(OC)c(OC)cc12.Cl. The van der Waals surface area contributed by atoms with Crippen LogP contribution in [0.25, 0.3) is 10.8 Å². The van der Waals surface area contributed by atoms with Gasteiger partial charge in [0.1, 0.15) is 0 Å². The van der Waals surface area contributed by atoms with Crippen molar-refractivity contribution in [3.8, 4) is 23.0 Å². The van der Waals surface area contributed by atoms with Gasteiger partial charge in [0, 0.05) is 23.5 Å². The predicted octanol–water partition coefficient (Wildman–Crippen LogP) is 5.60. The van der Waals surface area contributed by atoms with Gasteiger partial charge in [-0.15, -0.1) is 12.4 Å². The number of aromatic nitrogens is 1. The number of methoxy groups -OCH3 is 4. The summed E-state index contributed by atoms with van der Waals surface area (Å²) in [6.45, 7) is 5.27. The van der Waals surface area contributed by atoms with E-state index in [4.69, 9.17) is 23.9 Å². The van der Waals surface area contributed by atoms with Crippen molar-refractivity contribution < 1.29 is 18.9 Å². The number of ether oxygens (including phenoxy) is 4. The molecule has 180 valence electrons. The van der Waals surface area contributed by atoms with Gasteiger partial charge in [-0.1, -0.05) is 13.0 Å². The quantitative estimate of drug-likeness (QED) is 0.390. The Morgan fingerprint density at radius 1 is 0.848 bits per heavy atom. The summed E-state index contributed by atoms with van der Waals surface area (Å²) in [6, 6.07) is 12.6. The zero-order chi connectivity index (χ0) is 23.1. The van der Waals surface area contributed by atoms with Crippen LogP contribution in [0.1, 0.15) is 43.9 Å². The zero-order valence-electron chi connectivity index (χ0n) is 20.3.